The van der Waals surface area contributed by atoms with E-state index in [1.54, 1.807) is 4.57 Å². The Hall–Kier alpha value is -1.60. The molecule has 4 heteroatoms. The first-order chi connectivity index (χ1) is 9.27. The van der Waals surface area contributed by atoms with E-state index in [-0.39, 0.29) is 5.56 Å². The summed E-state index contributed by atoms with van der Waals surface area (Å²) in [7, 11) is 0. The van der Waals surface area contributed by atoms with Gasteiger partial charge in [0.1, 0.15) is 11.6 Å². The van der Waals surface area contributed by atoms with Crippen molar-refractivity contribution in [3.05, 3.63) is 33.2 Å². The zero-order valence-electron chi connectivity index (χ0n) is 11.4. The number of pyridine rings is 1. The predicted molar refractivity (Wildman–Crippen MR) is 73.2 cm³/mol. The zero-order chi connectivity index (χ0) is 13.7. The van der Waals surface area contributed by atoms with Crippen molar-refractivity contribution in [2.45, 2.75) is 45.6 Å². The molecular formula is C15H20N2O2. The van der Waals surface area contributed by atoms with Gasteiger partial charge in [0.15, 0.2) is 0 Å². The molecule has 0 aliphatic heterocycles. The fraction of sp³-hybridized carbons (Fsp3) is 0.600. The second kappa shape index (κ2) is 6.53. The molecule has 1 aromatic heterocycles. The van der Waals surface area contributed by atoms with Crippen LogP contribution in [-0.2, 0) is 24.1 Å². The summed E-state index contributed by atoms with van der Waals surface area (Å²) in [5, 5.41) is 9.22. The highest BCUT2D eigenvalue weighted by Crippen LogP contribution is 2.22. The van der Waals surface area contributed by atoms with Crippen LogP contribution in [0.25, 0.3) is 0 Å². The maximum Gasteiger partial charge on any atom is 0.268 e. The van der Waals surface area contributed by atoms with E-state index in [1.807, 2.05) is 13.1 Å². The van der Waals surface area contributed by atoms with Gasteiger partial charge in [-0.25, -0.2) is 0 Å². The molecule has 1 aromatic rings. The van der Waals surface area contributed by atoms with E-state index in [0.29, 0.717) is 25.3 Å². The Morgan fingerprint density at radius 1 is 1.42 bits per heavy atom. The number of ether oxygens (including phenoxy) is 1. The molecule has 0 spiro atoms. The molecule has 1 heterocycles. The number of nitrogens with zero attached hydrogens (tertiary/aromatic N) is 2. The van der Waals surface area contributed by atoms with Crippen LogP contribution in [0, 0.1) is 11.3 Å². The average Bonchev–Trinajstić information content (AvgIpc) is 2.44. The number of aromatic nitrogens is 1. The molecule has 0 N–H and O–H groups in total. The molecule has 2 rings (SSSR count). The smallest absolute Gasteiger partial charge is 0.268 e. The Morgan fingerprint density at radius 3 is 2.95 bits per heavy atom. The van der Waals surface area contributed by atoms with Crippen molar-refractivity contribution in [1.82, 2.24) is 4.57 Å². The molecule has 0 bridgehead atoms. The molecule has 19 heavy (non-hydrogen) atoms. The Bertz CT molecular complexity index is 540. The monoisotopic (exact) mass is 260 g/mol. The second-order valence-corrected chi connectivity index (χ2v) is 4.88. The molecule has 0 radical (unpaired) electrons. The molecule has 1 aliphatic rings. The van der Waals surface area contributed by atoms with E-state index in [4.69, 9.17) is 4.74 Å². The maximum absolute atomic E-state index is 12.2. The fourth-order valence-corrected chi connectivity index (χ4v) is 2.64. The molecular weight excluding hydrogens is 240 g/mol. The lowest BCUT2D eigenvalue weighted by Gasteiger charge is -2.18. The third-order valence-corrected chi connectivity index (χ3v) is 3.60. The third kappa shape index (κ3) is 3.05. The first kappa shape index (κ1) is 13.8. The van der Waals surface area contributed by atoms with Gasteiger partial charge in [-0.15, -0.1) is 0 Å². The lowest BCUT2D eigenvalue weighted by molar-refractivity contribution is 0.141. The Morgan fingerprint density at radius 2 is 2.21 bits per heavy atom. The summed E-state index contributed by atoms with van der Waals surface area (Å²) in [4.78, 5) is 12.2. The van der Waals surface area contributed by atoms with Gasteiger partial charge in [0.05, 0.1) is 0 Å². The molecule has 1 aliphatic carbocycles. The number of fused-ring (bicyclic) bond motifs is 1. The van der Waals surface area contributed by atoms with Crippen LogP contribution in [-0.4, -0.2) is 17.8 Å². The predicted octanol–water partition coefficient (Wildman–Crippen LogP) is 2.03. The van der Waals surface area contributed by atoms with Gasteiger partial charge in [-0.3, -0.25) is 4.79 Å². The number of nitriles is 1. The number of aryl methyl sites for hydroxylation is 2. The normalized spacial score (nSPS) is 13.9. The Kier molecular flexibility index (Phi) is 4.75. The van der Waals surface area contributed by atoms with Crippen LogP contribution in [0.4, 0.5) is 0 Å². The van der Waals surface area contributed by atoms with Crippen molar-refractivity contribution in [3.63, 3.8) is 0 Å². The van der Waals surface area contributed by atoms with Gasteiger partial charge in [-0.1, -0.05) is 0 Å². The van der Waals surface area contributed by atoms with Gasteiger partial charge in [0.2, 0.25) is 0 Å². The Balaban J connectivity index is 2.25. The minimum absolute atomic E-state index is 0.139. The van der Waals surface area contributed by atoms with E-state index in [9.17, 15) is 10.1 Å². The van der Waals surface area contributed by atoms with Gasteiger partial charge >= 0.3 is 0 Å². The van der Waals surface area contributed by atoms with E-state index >= 15 is 0 Å². The summed E-state index contributed by atoms with van der Waals surface area (Å²) in [5.41, 5.74) is 2.38. The molecule has 0 amide bonds. The molecule has 0 atom stereocenters. The number of hydrogen-bond acceptors (Lipinski definition) is 3. The second-order valence-electron chi connectivity index (χ2n) is 4.88. The first-order valence-corrected chi connectivity index (χ1v) is 7.01. The van der Waals surface area contributed by atoms with Gasteiger partial charge < -0.3 is 9.30 Å². The van der Waals surface area contributed by atoms with Gasteiger partial charge in [0, 0.05) is 26.0 Å². The van der Waals surface area contributed by atoms with E-state index in [0.717, 1.165) is 37.7 Å². The van der Waals surface area contributed by atoms with Crippen LogP contribution in [0.15, 0.2) is 11.0 Å². The molecule has 0 fully saturated rings. The summed E-state index contributed by atoms with van der Waals surface area (Å²) in [6.45, 7) is 3.93. The molecule has 102 valence electrons. The van der Waals surface area contributed by atoms with Crippen molar-refractivity contribution in [2.75, 3.05) is 13.2 Å². The van der Waals surface area contributed by atoms with Crippen LogP contribution >= 0.6 is 0 Å². The van der Waals surface area contributed by atoms with Gasteiger partial charge in [-0.05, 0) is 50.2 Å². The van der Waals surface area contributed by atoms with E-state index in [2.05, 4.69) is 6.07 Å². The molecule has 0 unspecified atom stereocenters. The number of hydrogen-bond donors (Lipinski definition) is 0. The molecule has 4 nitrogen and oxygen atoms in total. The topological polar surface area (TPSA) is 55.0 Å². The van der Waals surface area contributed by atoms with Crippen LogP contribution in [0.5, 0.6) is 0 Å². The summed E-state index contributed by atoms with van der Waals surface area (Å²) in [5.74, 6) is 0. The summed E-state index contributed by atoms with van der Waals surface area (Å²) in [6, 6.07) is 2.10. The molecule has 0 saturated carbocycles. The highest BCUT2D eigenvalue weighted by molar-refractivity contribution is 5.41. The van der Waals surface area contributed by atoms with Crippen molar-refractivity contribution >= 4 is 0 Å². The lowest BCUT2D eigenvalue weighted by Crippen LogP contribution is -2.27. The minimum atomic E-state index is -0.139. The summed E-state index contributed by atoms with van der Waals surface area (Å²) >= 11 is 0. The van der Waals surface area contributed by atoms with Crippen LogP contribution in [0.3, 0.4) is 0 Å². The minimum Gasteiger partial charge on any atom is -0.382 e. The standard InChI is InChI=1S/C15H20N2O2/c1-2-19-9-5-8-17-11-12-6-3-4-7-13(12)14(10-16)15(17)18/h11H,2-9H2,1H3. The lowest BCUT2D eigenvalue weighted by atomic mass is 9.90. The maximum atomic E-state index is 12.2. The summed E-state index contributed by atoms with van der Waals surface area (Å²) < 4.78 is 6.97. The largest absolute Gasteiger partial charge is 0.382 e. The van der Waals surface area contributed by atoms with Crippen LogP contribution in [0.1, 0.15) is 42.9 Å². The van der Waals surface area contributed by atoms with Crippen molar-refractivity contribution in [1.29, 1.82) is 5.26 Å². The fourth-order valence-electron chi connectivity index (χ4n) is 2.64. The van der Waals surface area contributed by atoms with Gasteiger partial charge in [-0.2, -0.15) is 5.26 Å². The quantitative estimate of drug-likeness (QED) is 0.761. The van der Waals surface area contributed by atoms with Crippen molar-refractivity contribution in [3.8, 4) is 6.07 Å². The van der Waals surface area contributed by atoms with Crippen LogP contribution in [0.2, 0.25) is 0 Å². The molecule has 0 aromatic carbocycles. The van der Waals surface area contributed by atoms with Crippen molar-refractivity contribution < 1.29 is 4.74 Å². The van der Waals surface area contributed by atoms with Crippen molar-refractivity contribution in [2.24, 2.45) is 0 Å². The highest BCUT2D eigenvalue weighted by Gasteiger charge is 2.18. The highest BCUT2D eigenvalue weighted by atomic mass is 16.5. The first-order valence-electron chi connectivity index (χ1n) is 7.01. The molecule has 0 saturated heterocycles. The van der Waals surface area contributed by atoms with Gasteiger partial charge in [0.25, 0.3) is 5.56 Å². The SMILES string of the molecule is CCOCCCn1cc2c(c(C#N)c1=O)CCCC2. The average molecular weight is 260 g/mol. The number of rotatable bonds is 5. The Labute approximate surface area is 113 Å². The van der Waals surface area contributed by atoms with Crippen LogP contribution < -0.4 is 5.56 Å². The third-order valence-electron chi connectivity index (χ3n) is 3.60. The summed E-state index contributed by atoms with van der Waals surface area (Å²) in [6.07, 6.45) is 6.83. The zero-order valence-corrected chi connectivity index (χ0v) is 11.4. The van der Waals surface area contributed by atoms with E-state index in [1.165, 1.54) is 5.56 Å². The van der Waals surface area contributed by atoms with E-state index < -0.39 is 0 Å².